The van der Waals surface area contributed by atoms with E-state index >= 15 is 0 Å². The SMILES string of the molecule is O=S(=O)(CCO)N1CCN(c2cccc(Cl)c2)CC1. The van der Waals surface area contributed by atoms with Gasteiger partial charge in [-0.2, -0.15) is 4.31 Å². The summed E-state index contributed by atoms with van der Waals surface area (Å²) >= 11 is 5.95. The number of benzene rings is 1. The molecule has 0 saturated carbocycles. The van der Waals surface area contributed by atoms with E-state index in [1.807, 2.05) is 24.3 Å². The molecule has 0 spiro atoms. The summed E-state index contributed by atoms with van der Waals surface area (Å²) in [5, 5.41) is 9.44. The molecule has 1 aromatic rings. The molecule has 1 saturated heterocycles. The first kappa shape index (κ1) is 14.6. The molecule has 1 N–H and O–H groups in total. The molecule has 106 valence electrons. The van der Waals surface area contributed by atoms with Crippen molar-refractivity contribution in [3.05, 3.63) is 29.3 Å². The van der Waals surface area contributed by atoms with Crippen LogP contribution in [0, 0.1) is 0 Å². The minimum atomic E-state index is -3.32. The Morgan fingerprint density at radius 1 is 1.21 bits per heavy atom. The van der Waals surface area contributed by atoms with Crippen LogP contribution in [-0.2, 0) is 10.0 Å². The van der Waals surface area contributed by atoms with E-state index in [2.05, 4.69) is 4.90 Å². The van der Waals surface area contributed by atoms with Gasteiger partial charge in [-0.25, -0.2) is 8.42 Å². The molecule has 1 aliphatic rings. The molecule has 5 nitrogen and oxygen atoms in total. The van der Waals surface area contributed by atoms with E-state index in [9.17, 15) is 8.42 Å². The van der Waals surface area contributed by atoms with Crippen LogP contribution in [0.25, 0.3) is 0 Å². The van der Waals surface area contributed by atoms with E-state index in [-0.39, 0.29) is 12.4 Å². The van der Waals surface area contributed by atoms with Gasteiger partial charge in [0.2, 0.25) is 10.0 Å². The Balaban J connectivity index is 2.00. The number of rotatable bonds is 4. The predicted molar refractivity (Wildman–Crippen MR) is 76.1 cm³/mol. The zero-order chi connectivity index (χ0) is 13.9. The molecule has 1 fully saturated rings. The zero-order valence-corrected chi connectivity index (χ0v) is 12.1. The smallest absolute Gasteiger partial charge is 0.216 e. The largest absolute Gasteiger partial charge is 0.395 e. The first-order chi connectivity index (χ1) is 9.03. The summed E-state index contributed by atoms with van der Waals surface area (Å²) in [4.78, 5) is 2.11. The maximum atomic E-state index is 11.8. The highest BCUT2D eigenvalue weighted by Crippen LogP contribution is 2.21. The Bertz CT molecular complexity index is 528. The molecule has 2 rings (SSSR count). The monoisotopic (exact) mass is 304 g/mol. The van der Waals surface area contributed by atoms with Crippen LogP contribution in [0.3, 0.4) is 0 Å². The molecule has 1 aliphatic heterocycles. The average Bonchev–Trinajstić information content (AvgIpc) is 2.39. The van der Waals surface area contributed by atoms with Gasteiger partial charge in [-0.3, -0.25) is 0 Å². The quantitative estimate of drug-likeness (QED) is 0.893. The summed E-state index contributed by atoms with van der Waals surface area (Å²) < 4.78 is 25.1. The summed E-state index contributed by atoms with van der Waals surface area (Å²) in [7, 11) is -3.32. The molecule has 0 bridgehead atoms. The van der Waals surface area contributed by atoms with Crippen molar-refractivity contribution >= 4 is 27.3 Å². The van der Waals surface area contributed by atoms with E-state index in [4.69, 9.17) is 16.7 Å². The number of hydrogen-bond acceptors (Lipinski definition) is 4. The van der Waals surface area contributed by atoms with Crippen molar-refractivity contribution in [1.82, 2.24) is 4.31 Å². The van der Waals surface area contributed by atoms with Crippen molar-refractivity contribution < 1.29 is 13.5 Å². The third kappa shape index (κ3) is 3.60. The number of aliphatic hydroxyl groups is 1. The van der Waals surface area contributed by atoms with Gasteiger partial charge in [0.1, 0.15) is 0 Å². The van der Waals surface area contributed by atoms with E-state index in [1.165, 1.54) is 4.31 Å². The Hall–Kier alpha value is -0.820. The van der Waals surface area contributed by atoms with Gasteiger partial charge in [0.05, 0.1) is 12.4 Å². The molecule has 1 aromatic carbocycles. The molecule has 19 heavy (non-hydrogen) atoms. The lowest BCUT2D eigenvalue weighted by Gasteiger charge is -2.35. The van der Waals surface area contributed by atoms with Crippen molar-refractivity contribution in [2.24, 2.45) is 0 Å². The number of halogens is 1. The fourth-order valence-corrected chi connectivity index (χ4v) is 3.53. The van der Waals surface area contributed by atoms with Crippen molar-refractivity contribution in [2.75, 3.05) is 43.4 Å². The van der Waals surface area contributed by atoms with Crippen LogP contribution in [0.4, 0.5) is 5.69 Å². The van der Waals surface area contributed by atoms with Crippen molar-refractivity contribution in [3.8, 4) is 0 Å². The van der Waals surface area contributed by atoms with Crippen LogP contribution >= 0.6 is 11.6 Å². The minimum absolute atomic E-state index is 0.204. The summed E-state index contributed by atoms with van der Waals surface area (Å²) in [6.07, 6.45) is 0. The normalized spacial score (nSPS) is 17.7. The van der Waals surface area contributed by atoms with Gasteiger partial charge in [0, 0.05) is 36.9 Å². The fourth-order valence-electron chi connectivity index (χ4n) is 2.14. The number of aliphatic hydroxyl groups excluding tert-OH is 1. The van der Waals surface area contributed by atoms with Crippen molar-refractivity contribution in [1.29, 1.82) is 0 Å². The maximum absolute atomic E-state index is 11.8. The summed E-state index contributed by atoms with van der Waals surface area (Å²) in [5.74, 6) is -0.204. The van der Waals surface area contributed by atoms with Crippen LogP contribution in [-0.4, -0.2) is 56.4 Å². The fraction of sp³-hybridized carbons (Fsp3) is 0.500. The number of anilines is 1. The Kier molecular flexibility index (Phi) is 4.67. The molecular formula is C12H17ClN2O3S. The maximum Gasteiger partial charge on any atom is 0.216 e. The summed E-state index contributed by atoms with van der Waals surface area (Å²) in [5.41, 5.74) is 1.01. The highest BCUT2D eigenvalue weighted by molar-refractivity contribution is 7.89. The third-order valence-electron chi connectivity index (χ3n) is 3.15. The highest BCUT2D eigenvalue weighted by Gasteiger charge is 2.26. The molecule has 0 aliphatic carbocycles. The van der Waals surface area contributed by atoms with Crippen LogP contribution in [0.5, 0.6) is 0 Å². The number of sulfonamides is 1. The molecular weight excluding hydrogens is 288 g/mol. The van der Waals surface area contributed by atoms with E-state index < -0.39 is 10.0 Å². The first-order valence-electron chi connectivity index (χ1n) is 6.12. The third-order valence-corrected chi connectivity index (χ3v) is 5.24. The van der Waals surface area contributed by atoms with Crippen LogP contribution in [0.15, 0.2) is 24.3 Å². The second kappa shape index (κ2) is 6.09. The van der Waals surface area contributed by atoms with Gasteiger partial charge in [0.15, 0.2) is 0 Å². The molecule has 0 amide bonds. The second-order valence-corrected chi connectivity index (χ2v) is 6.93. The van der Waals surface area contributed by atoms with E-state index in [0.29, 0.717) is 31.2 Å². The number of nitrogens with zero attached hydrogens (tertiary/aromatic N) is 2. The minimum Gasteiger partial charge on any atom is -0.395 e. The van der Waals surface area contributed by atoms with Crippen LogP contribution in [0.1, 0.15) is 0 Å². The van der Waals surface area contributed by atoms with E-state index in [0.717, 1.165) is 5.69 Å². The predicted octanol–water partition coefficient (Wildman–Crippen LogP) is 0.784. The first-order valence-corrected chi connectivity index (χ1v) is 8.11. The molecule has 0 atom stereocenters. The van der Waals surface area contributed by atoms with Gasteiger partial charge < -0.3 is 10.0 Å². The molecule has 7 heteroatoms. The summed E-state index contributed by atoms with van der Waals surface area (Å²) in [6.45, 7) is 1.80. The standard InChI is InChI=1S/C12H17ClN2O3S/c13-11-2-1-3-12(10-11)14-4-6-15(7-5-14)19(17,18)9-8-16/h1-3,10,16H,4-9H2. The molecule has 0 unspecified atom stereocenters. The van der Waals surface area contributed by atoms with Crippen molar-refractivity contribution in [3.63, 3.8) is 0 Å². The Morgan fingerprint density at radius 2 is 1.89 bits per heavy atom. The Morgan fingerprint density at radius 3 is 2.47 bits per heavy atom. The molecule has 1 heterocycles. The van der Waals surface area contributed by atoms with E-state index in [1.54, 1.807) is 0 Å². The average molecular weight is 305 g/mol. The lowest BCUT2D eigenvalue weighted by atomic mass is 10.2. The molecule has 0 radical (unpaired) electrons. The number of piperazine rings is 1. The van der Waals surface area contributed by atoms with Crippen LogP contribution < -0.4 is 4.90 Å². The second-order valence-electron chi connectivity index (χ2n) is 4.41. The van der Waals surface area contributed by atoms with Gasteiger partial charge in [-0.1, -0.05) is 17.7 Å². The zero-order valence-electron chi connectivity index (χ0n) is 10.5. The summed E-state index contributed by atoms with van der Waals surface area (Å²) in [6, 6.07) is 7.53. The van der Waals surface area contributed by atoms with Gasteiger partial charge in [-0.05, 0) is 18.2 Å². The number of hydrogen-bond donors (Lipinski definition) is 1. The Labute approximate surface area is 118 Å². The van der Waals surface area contributed by atoms with Gasteiger partial charge in [-0.15, -0.1) is 0 Å². The van der Waals surface area contributed by atoms with Gasteiger partial charge >= 0.3 is 0 Å². The lowest BCUT2D eigenvalue weighted by molar-refractivity contribution is 0.312. The highest BCUT2D eigenvalue weighted by atomic mass is 35.5. The molecule has 0 aromatic heterocycles. The topological polar surface area (TPSA) is 60.9 Å². The van der Waals surface area contributed by atoms with Gasteiger partial charge in [0.25, 0.3) is 0 Å². The van der Waals surface area contributed by atoms with Crippen LogP contribution in [0.2, 0.25) is 5.02 Å². The van der Waals surface area contributed by atoms with Crippen molar-refractivity contribution in [2.45, 2.75) is 0 Å². The lowest BCUT2D eigenvalue weighted by Crippen LogP contribution is -2.49.